The van der Waals surface area contributed by atoms with Gasteiger partial charge in [0.25, 0.3) is 0 Å². The van der Waals surface area contributed by atoms with Crippen molar-refractivity contribution in [1.29, 1.82) is 0 Å². The van der Waals surface area contributed by atoms with E-state index in [0.29, 0.717) is 19.8 Å². The van der Waals surface area contributed by atoms with E-state index in [1.165, 1.54) is 16.7 Å². The van der Waals surface area contributed by atoms with Gasteiger partial charge in [0, 0.05) is 39.3 Å². The van der Waals surface area contributed by atoms with Gasteiger partial charge in [-0.15, -0.1) is 6.54 Å². The molecule has 0 fully saturated rings. The molecule has 0 bridgehead atoms. The minimum atomic E-state index is -0.0253. The van der Waals surface area contributed by atoms with Gasteiger partial charge in [0.2, 0.25) is 0 Å². The molecule has 0 saturated heterocycles. The number of aliphatic hydroxyl groups excluding tert-OH is 2. The van der Waals surface area contributed by atoms with Gasteiger partial charge in [-0.2, -0.15) is 0 Å². The molecular formula is C20H27N2O3Y-. The second-order valence-corrected chi connectivity index (χ2v) is 5.66. The van der Waals surface area contributed by atoms with Crippen LogP contribution in [0.1, 0.15) is 22.7 Å². The fourth-order valence-corrected chi connectivity index (χ4v) is 2.75. The van der Waals surface area contributed by atoms with E-state index in [0.717, 1.165) is 13.0 Å². The zero-order valence-electron chi connectivity index (χ0n) is 15.1. The second kappa shape index (κ2) is 14.4. The molecule has 5 nitrogen and oxygen atoms in total. The van der Waals surface area contributed by atoms with E-state index >= 15 is 0 Å². The summed E-state index contributed by atoms with van der Waals surface area (Å²) in [4.78, 5) is 0. The second-order valence-electron chi connectivity index (χ2n) is 5.66. The molecule has 26 heavy (non-hydrogen) atoms. The fourth-order valence-electron chi connectivity index (χ4n) is 2.75. The Kier molecular flexibility index (Phi) is 13.0. The molecule has 2 aromatic rings. The smallest absolute Gasteiger partial charge is 0.0932 e. The van der Waals surface area contributed by atoms with Crippen LogP contribution >= 0.6 is 0 Å². The van der Waals surface area contributed by atoms with Crippen LogP contribution in [-0.2, 0) is 43.9 Å². The van der Waals surface area contributed by atoms with Crippen LogP contribution in [0.2, 0.25) is 0 Å². The van der Waals surface area contributed by atoms with Crippen molar-refractivity contribution in [3.63, 3.8) is 0 Å². The largest absolute Gasteiger partial charge is 0.652 e. The van der Waals surface area contributed by atoms with Gasteiger partial charge >= 0.3 is 0 Å². The maximum atomic E-state index is 8.23. The summed E-state index contributed by atoms with van der Waals surface area (Å²) in [7, 11) is 0. The molecule has 1 heterocycles. The van der Waals surface area contributed by atoms with Crippen molar-refractivity contribution in [2.24, 2.45) is 0 Å². The number of fused-ring (bicyclic) bond motifs is 1. The SMILES string of the molecule is OCCOCCNCO.[Y].c1ccc([C@H]2[N-]CCc3ccccc32)cc1. The monoisotopic (exact) mass is 432 g/mol. The minimum absolute atomic E-state index is 0. The summed E-state index contributed by atoms with van der Waals surface area (Å²) in [6, 6.07) is 19.4. The van der Waals surface area contributed by atoms with Crippen LogP contribution in [0.5, 0.6) is 0 Å². The molecule has 1 radical (unpaired) electrons. The molecule has 0 aliphatic carbocycles. The first-order valence-electron chi connectivity index (χ1n) is 8.66. The summed E-state index contributed by atoms with van der Waals surface area (Å²) in [5.41, 5.74) is 4.13. The van der Waals surface area contributed by atoms with Crippen molar-refractivity contribution >= 4 is 0 Å². The molecule has 2 aromatic carbocycles. The third-order valence-electron chi connectivity index (χ3n) is 3.93. The van der Waals surface area contributed by atoms with E-state index in [4.69, 9.17) is 20.3 Å². The number of nitrogens with one attached hydrogen (secondary N) is 1. The van der Waals surface area contributed by atoms with Crippen LogP contribution in [0.15, 0.2) is 54.6 Å². The average molecular weight is 432 g/mol. The van der Waals surface area contributed by atoms with Crippen molar-refractivity contribution in [1.82, 2.24) is 5.32 Å². The van der Waals surface area contributed by atoms with Gasteiger partial charge in [0.1, 0.15) is 0 Å². The number of rotatable bonds is 7. The van der Waals surface area contributed by atoms with Gasteiger partial charge in [-0.05, 0) is 12.0 Å². The molecule has 1 aliphatic rings. The Morgan fingerprint density at radius 1 is 1.00 bits per heavy atom. The van der Waals surface area contributed by atoms with Crippen molar-refractivity contribution in [3.8, 4) is 0 Å². The van der Waals surface area contributed by atoms with Crippen molar-refractivity contribution in [3.05, 3.63) is 76.6 Å². The summed E-state index contributed by atoms with van der Waals surface area (Å²) in [6.07, 6.45) is 1.08. The standard InChI is InChI=1S/C15H14N.C5H13NO3.Y/c1-2-7-13(8-3-1)15-14-9-5-4-6-12(14)10-11-16-15;7-2-4-9-3-1-6-5-8;/h1-9,15H,10-11H2;6-8H,1-5H2;/q-1;;/t15-;;/m1../s1. The Bertz CT molecular complexity index is 593. The Hall–Kier alpha value is -0.656. The topological polar surface area (TPSA) is 75.8 Å². The van der Waals surface area contributed by atoms with Crippen molar-refractivity contribution < 1.29 is 47.7 Å². The van der Waals surface area contributed by atoms with Gasteiger partial charge in [-0.1, -0.05) is 71.8 Å². The molecular weight excluding hydrogens is 405 g/mol. The molecule has 0 unspecified atom stereocenters. The molecule has 0 aromatic heterocycles. The zero-order valence-corrected chi connectivity index (χ0v) is 17.9. The summed E-state index contributed by atoms with van der Waals surface area (Å²) in [5, 5.41) is 23.8. The normalized spacial score (nSPS) is 15.2. The zero-order chi connectivity index (χ0) is 17.7. The van der Waals surface area contributed by atoms with Crippen LogP contribution in [0.3, 0.4) is 0 Å². The molecule has 6 heteroatoms. The summed E-state index contributed by atoms with van der Waals surface area (Å²) < 4.78 is 4.86. The quantitative estimate of drug-likeness (QED) is 0.464. The maximum absolute atomic E-state index is 8.23. The molecule has 0 amide bonds. The van der Waals surface area contributed by atoms with Crippen molar-refractivity contribution in [2.45, 2.75) is 12.5 Å². The van der Waals surface area contributed by atoms with Crippen molar-refractivity contribution in [2.75, 3.05) is 39.6 Å². The summed E-state index contributed by atoms with van der Waals surface area (Å²) in [6.45, 7) is 2.49. The third-order valence-corrected chi connectivity index (χ3v) is 3.93. The van der Waals surface area contributed by atoms with Crippen LogP contribution < -0.4 is 5.32 Å². The first-order chi connectivity index (χ1) is 12.4. The number of hydrogen-bond acceptors (Lipinski definition) is 4. The maximum Gasteiger partial charge on any atom is 0.0932 e. The van der Waals surface area contributed by atoms with Crippen LogP contribution in [0.25, 0.3) is 5.32 Å². The van der Waals surface area contributed by atoms with E-state index in [9.17, 15) is 0 Å². The number of nitrogens with zero attached hydrogens (tertiary/aromatic N) is 1. The minimum Gasteiger partial charge on any atom is -0.652 e. The molecule has 3 N–H and O–H groups in total. The number of aliphatic hydroxyl groups is 2. The van der Waals surface area contributed by atoms with Gasteiger partial charge in [-0.25, -0.2) is 0 Å². The van der Waals surface area contributed by atoms with E-state index in [-0.39, 0.29) is 52.1 Å². The van der Waals surface area contributed by atoms with E-state index in [1.54, 1.807) is 0 Å². The van der Waals surface area contributed by atoms with E-state index in [2.05, 4.69) is 59.9 Å². The Morgan fingerprint density at radius 2 is 1.73 bits per heavy atom. The first kappa shape index (κ1) is 23.4. The number of ether oxygens (including phenoxy) is 1. The average Bonchev–Trinajstić information content (AvgIpc) is 2.69. The molecule has 0 saturated carbocycles. The van der Waals surface area contributed by atoms with Gasteiger partial charge in [0.05, 0.1) is 26.6 Å². The summed E-state index contributed by atoms with van der Waals surface area (Å²) >= 11 is 0. The molecule has 1 atom stereocenters. The third kappa shape index (κ3) is 7.93. The van der Waals surface area contributed by atoms with E-state index in [1.807, 2.05) is 0 Å². The molecule has 139 valence electrons. The fraction of sp³-hybridized carbons (Fsp3) is 0.400. The van der Waals surface area contributed by atoms with Gasteiger partial charge in [-0.3, -0.25) is 5.32 Å². The number of hydrogen-bond donors (Lipinski definition) is 3. The predicted octanol–water partition coefficient (Wildman–Crippen LogP) is 2.24. The van der Waals surface area contributed by atoms with E-state index < -0.39 is 0 Å². The first-order valence-corrected chi connectivity index (χ1v) is 8.66. The van der Waals surface area contributed by atoms with Crippen LogP contribution in [0, 0.1) is 0 Å². The van der Waals surface area contributed by atoms with Crippen LogP contribution in [-0.4, -0.2) is 49.9 Å². The predicted molar refractivity (Wildman–Crippen MR) is 99.7 cm³/mol. The van der Waals surface area contributed by atoms with Gasteiger partial charge in [0.15, 0.2) is 0 Å². The van der Waals surface area contributed by atoms with Gasteiger partial charge < -0.3 is 20.3 Å². The molecule has 0 spiro atoms. The number of benzene rings is 2. The molecule has 1 aliphatic heterocycles. The molecule has 3 rings (SSSR count). The Morgan fingerprint density at radius 3 is 2.46 bits per heavy atom. The Labute approximate surface area is 181 Å². The summed E-state index contributed by atoms with van der Waals surface area (Å²) in [5.74, 6) is 0. The Balaban J connectivity index is 0.000000295. The van der Waals surface area contributed by atoms with Crippen LogP contribution in [0.4, 0.5) is 0 Å².